The molecule has 0 spiro atoms. The predicted octanol–water partition coefficient (Wildman–Crippen LogP) is 5.17. The molecule has 9 heteroatoms. The van der Waals surface area contributed by atoms with Crippen LogP contribution in [0.25, 0.3) is 0 Å². The lowest BCUT2D eigenvalue weighted by Crippen LogP contribution is -2.62. The van der Waals surface area contributed by atoms with Crippen LogP contribution in [0.5, 0.6) is 0 Å². The van der Waals surface area contributed by atoms with E-state index in [1.54, 1.807) is 22.9 Å². The minimum absolute atomic E-state index is 0.0114. The Morgan fingerprint density at radius 1 is 1.03 bits per heavy atom. The summed E-state index contributed by atoms with van der Waals surface area (Å²) in [7, 11) is 1.80. The summed E-state index contributed by atoms with van der Waals surface area (Å²) in [6.45, 7) is 2.96. The molecule has 0 aliphatic carbocycles. The summed E-state index contributed by atoms with van der Waals surface area (Å²) < 4.78 is 0. The number of carbonyl (C=O) groups is 3. The van der Waals surface area contributed by atoms with Crippen LogP contribution < -0.4 is 0 Å². The van der Waals surface area contributed by atoms with Gasteiger partial charge in [0.2, 0.25) is 5.91 Å². The summed E-state index contributed by atoms with van der Waals surface area (Å²) in [6, 6.07) is 14.8. The third-order valence-corrected chi connectivity index (χ3v) is 8.73. The van der Waals surface area contributed by atoms with Gasteiger partial charge in [-0.05, 0) is 68.5 Å². The molecule has 4 rings (SSSR count). The van der Waals surface area contributed by atoms with Gasteiger partial charge in [0.15, 0.2) is 0 Å². The molecule has 2 aromatic carbocycles. The predicted molar refractivity (Wildman–Crippen MR) is 149 cm³/mol. The lowest BCUT2D eigenvalue weighted by Gasteiger charge is -2.47. The van der Waals surface area contributed by atoms with Crippen molar-refractivity contribution in [1.29, 1.82) is 0 Å². The minimum atomic E-state index is -1.11. The largest absolute Gasteiger partial charge is 0.479 e. The number of carboxylic acid groups (broad SMARTS) is 1. The molecule has 2 aliphatic heterocycles. The number of likely N-dealkylation sites (tertiary alicyclic amines) is 2. The molecule has 1 N–H and O–H groups in total. The Labute approximate surface area is 234 Å². The van der Waals surface area contributed by atoms with Gasteiger partial charge in [0.25, 0.3) is 5.91 Å². The summed E-state index contributed by atoms with van der Waals surface area (Å²) in [6.07, 6.45) is 3.70. The average molecular weight is 561 g/mol. The normalized spacial score (nSPS) is 18.7. The zero-order valence-electron chi connectivity index (χ0n) is 21.7. The third-order valence-electron chi connectivity index (χ3n) is 7.99. The fourth-order valence-electron chi connectivity index (χ4n) is 5.69. The van der Waals surface area contributed by atoms with Crippen molar-refractivity contribution in [3.05, 3.63) is 69.7 Å². The maximum Gasteiger partial charge on any atom is 0.329 e. The first kappa shape index (κ1) is 28.4. The molecule has 0 saturated carbocycles. The van der Waals surface area contributed by atoms with Gasteiger partial charge in [0.05, 0.1) is 10.0 Å². The number of carbonyl (C=O) groups excluding carboxylic acids is 2. The Hall–Kier alpha value is -2.61. The molecule has 204 valence electrons. The fourth-order valence-corrected chi connectivity index (χ4v) is 5.99. The number of benzene rings is 2. The molecule has 0 unspecified atom stereocenters. The van der Waals surface area contributed by atoms with Crippen LogP contribution in [-0.4, -0.2) is 82.9 Å². The van der Waals surface area contributed by atoms with E-state index >= 15 is 0 Å². The first-order valence-corrected chi connectivity index (χ1v) is 14.0. The molecule has 1 atom stereocenters. The second kappa shape index (κ2) is 12.5. The molecule has 2 fully saturated rings. The molecule has 0 bridgehead atoms. The van der Waals surface area contributed by atoms with Crippen molar-refractivity contribution in [2.45, 2.75) is 50.0 Å². The van der Waals surface area contributed by atoms with E-state index in [1.807, 2.05) is 42.5 Å². The molecule has 7 nitrogen and oxygen atoms in total. The van der Waals surface area contributed by atoms with Gasteiger partial charge in [-0.25, -0.2) is 4.79 Å². The van der Waals surface area contributed by atoms with E-state index in [0.717, 1.165) is 31.4 Å². The molecule has 2 aromatic rings. The number of nitrogens with zero attached hydrogens (tertiary/aromatic N) is 3. The van der Waals surface area contributed by atoms with Crippen LogP contribution in [0.1, 0.15) is 60.4 Å². The smallest absolute Gasteiger partial charge is 0.329 e. The van der Waals surface area contributed by atoms with Crippen LogP contribution in [0, 0.1) is 0 Å². The molecule has 38 heavy (non-hydrogen) atoms. The van der Waals surface area contributed by atoms with Gasteiger partial charge in [-0.1, -0.05) is 47.5 Å². The number of piperidine rings is 2. The van der Waals surface area contributed by atoms with E-state index in [1.165, 1.54) is 0 Å². The number of hydrogen-bond donors (Lipinski definition) is 1. The lowest BCUT2D eigenvalue weighted by atomic mass is 9.83. The van der Waals surface area contributed by atoms with E-state index < -0.39 is 11.5 Å². The summed E-state index contributed by atoms with van der Waals surface area (Å²) in [4.78, 5) is 43.6. The Kier molecular flexibility index (Phi) is 9.34. The van der Waals surface area contributed by atoms with Crippen LogP contribution in [0.4, 0.5) is 0 Å². The molecule has 2 saturated heterocycles. The van der Waals surface area contributed by atoms with Crippen molar-refractivity contribution < 1.29 is 19.5 Å². The van der Waals surface area contributed by atoms with Gasteiger partial charge in [-0.15, -0.1) is 0 Å². The summed E-state index contributed by atoms with van der Waals surface area (Å²) >= 11 is 12.5. The number of halogens is 2. The summed E-state index contributed by atoms with van der Waals surface area (Å²) in [5.41, 5.74) is 0.526. The van der Waals surface area contributed by atoms with Crippen LogP contribution in [0.2, 0.25) is 10.0 Å². The highest BCUT2D eigenvalue weighted by molar-refractivity contribution is 6.42. The van der Waals surface area contributed by atoms with Crippen molar-refractivity contribution in [3.63, 3.8) is 0 Å². The topological polar surface area (TPSA) is 81.2 Å². The molecular weight excluding hydrogens is 525 g/mol. The van der Waals surface area contributed by atoms with Crippen LogP contribution in [-0.2, 0) is 9.59 Å². The third kappa shape index (κ3) is 6.33. The van der Waals surface area contributed by atoms with Crippen LogP contribution in [0.3, 0.4) is 0 Å². The zero-order chi connectivity index (χ0) is 27.3. The fraction of sp³-hybridized carbons (Fsp3) is 0.483. The first-order valence-electron chi connectivity index (χ1n) is 13.2. The van der Waals surface area contributed by atoms with Gasteiger partial charge in [0.1, 0.15) is 5.54 Å². The summed E-state index contributed by atoms with van der Waals surface area (Å²) in [5.74, 6) is -0.983. The molecule has 2 aliphatic rings. The maximum atomic E-state index is 13.0. The minimum Gasteiger partial charge on any atom is -0.479 e. The molecule has 0 radical (unpaired) electrons. The number of carboxylic acids is 1. The Morgan fingerprint density at radius 3 is 2.37 bits per heavy atom. The van der Waals surface area contributed by atoms with Gasteiger partial charge >= 0.3 is 5.97 Å². The second-order valence-electron chi connectivity index (χ2n) is 10.4. The van der Waals surface area contributed by atoms with E-state index in [0.29, 0.717) is 61.1 Å². The number of hydrogen-bond acceptors (Lipinski definition) is 4. The maximum absolute atomic E-state index is 13.0. The van der Waals surface area contributed by atoms with Crippen LogP contribution >= 0.6 is 23.2 Å². The monoisotopic (exact) mass is 559 g/mol. The standard InChI is InChI=1S/C29H35Cl2N3O4/c1-32(27(36)21-7-3-2-4-8-21)20-23(22-10-11-24(30)25(31)19-22)12-16-33-17-13-29(14-18-33,28(37)38)34-15-6-5-9-26(34)35/h2-4,7-8,10-11,19,23H,5-6,9,12-18,20H2,1H3,(H,37,38)/t23-/m1/s1. The van der Waals surface area contributed by atoms with Crippen molar-refractivity contribution in [2.24, 2.45) is 0 Å². The number of likely N-dealkylation sites (N-methyl/N-ethyl adjacent to an activating group) is 1. The quantitative estimate of drug-likeness (QED) is 0.458. The Balaban J connectivity index is 1.44. The molecular formula is C29H35Cl2N3O4. The van der Waals surface area contributed by atoms with Crippen molar-refractivity contribution in [3.8, 4) is 0 Å². The molecule has 0 aromatic heterocycles. The second-order valence-corrected chi connectivity index (χ2v) is 11.2. The molecule has 2 heterocycles. The molecule has 2 amide bonds. The highest BCUT2D eigenvalue weighted by Crippen LogP contribution is 2.34. The summed E-state index contributed by atoms with van der Waals surface area (Å²) in [5, 5.41) is 11.1. The van der Waals surface area contributed by atoms with E-state index in [2.05, 4.69) is 4.90 Å². The van der Waals surface area contributed by atoms with Gasteiger partial charge in [-0.3, -0.25) is 9.59 Å². The van der Waals surface area contributed by atoms with Crippen LogP contribution in [0.15, 0.2) is 48.5 Å². The van der Waals surface area contributed by atoms with Gasteiger partial charge in [0, 0.05) is 51.1 Å². The number of aliphatic carboxylic acids is 1. The van der Waals surface area contributed by atoms with Gasteiger partial charge < -0.3 is 19.8 Å². The average Bonchev–Trinajstić information content (AvgIpc) is 2.93. The lowest BCUT2D eigenvalue weighted by molar-refractivity contribution is -0.165. The van der Waals surface area contributed by atoms with E-state index in [9.17, 15) is 19.5 Å². The Bertz CT molecular complexity index is 1150. The Morgan fingerprint density at radius 2 is 1.74 bits per heavy atom. The van der Waals surface area contributed by atoms with Crippen molar-refractivity contribution >= 4 is 41.0 Å². The number of rotatable bonds is 9. The van der Waals surface area contributed by atoms with Gasteiger partial charge in [-0.2, -0.15) is 0 Å². The van der Waals surface area contributed by atoms with E-state index in [-0.39, 0.29) is 17.7 Å². The van der Waals surface area contributed by atoms with Crippen molar-refractivity contribution in [1.82, 2.24) is 14.7 Å². The van der Waals surface area contributed by atoms with Crippen molar-refractivity contribution in [2.75, 3.05) is 39.8 Å². The highest BCUT2D eigenvalue weighted by atomic mass is 35.5. The highest BCUT2D eigenvalue weighted by Gasteiger charge is 2.48. The SMILES string of the molecule is CN(C[C@@H](CCN1CCC(C(=O)O)(N2CCCCC2=O)CC1)c1ccc(Cl)c(Cl)c1)C(=O)c1ccccc1. The zero-order valence-corrected chi connectivity index (χ0v) is 23.3. The first-order chi connectivity index (χ1) is 18.2. The number of amides is 2. The van der Waals surface area contributed by atoms with E-state index in [4.69, 9.17) is 23.2 Å².